The highest BCUT2D eigenvalue weighted by atomic mass is 19.1. The van der Waals surface area contributed by atoms with Crippen molar-refractivity contribution in [2.24, 2.45) is 5.73 Å². The van der Waals surface area contributed by atoms with Gasteiger partial charge in [-0.1, -0.05) is 0 Å². The largest absolute Gasteiger partial charge is 0.327 e. The van der Waals surface area contributed by atoms with Crippen LogP contribution in [-0.2, 0) is 6.42 Å². The van der Waals surface area contributed by atoms with Crippen LogP contribution in [0.2, 0.25) is 0 Å². The van der Waals surface area contributed by atoms with Crippen molar-refractivity contribution >= 4 is 0 Å². The molecular weight excluding hydrogens is 222 g/mol. The first-order valence-electron chi connectivity index (χ1n) is 6.07. The maximum Gasteiger partial charge on any atom is 0.126 e. The molecular formula is C13H18F2N2. The summed E-state index contributed by atoms with van der Waals surface area (Å²) in [4.78, 5) is 0. The lowest BCUT2D eigenvalue weighted by Crippen LogP contribution is -2.29. The number of rotatable bonds is 6. The minimum absolute atomic E-state index is 0.0533. The van der Waals surface area contributed by atoms with Crippen molar-refractivity contribution in [3.05, 3.63) is 35.4 Å². The zero-order chi connectivity index (χ0) is 12.3. The minimum Gasteiger partial charge on any atom is -0.327 e. The number of hydrogen-bond acceptors (Lipinski definition) is 2. The van der Waals surface area contributed by atoms with Crippen LogP contribution in [0.5, 0.6) is 0 Å². The van der Waals surface area contributed by atoms with Crippen molar-refractivity contribution in [1.82, 2.24) is 5.32 Å². The summed E-state index contributed by atoms with van der Waals surface area (Å²) in [6, 6.07) is 4.19. The Bertz CT molecular complexity index is 357. The molecule has 0 saturated heterocycles. The van der Waals surface area contributed by atoms with E-state index in [9.17, 15) is 8.78 Å². The fraction of sp³-hybridized carbons (Fsp3) is 0.538. The minimum atomic E-state index is -0.539. The van der Waals surface area contributed by atoms with Gasteiger partial charge in [0.1, 0.15) is 11.6 Å². The van der Waals surface area contributed by atoms with Gasteiger partial charge in [0, 0.05) is 18.2 Å². The van der Waals surface area contributed by atoms with Crippen LogP contribution >= 0.6 is 0 Å². The van der Waals surface area contributed by atoms with Crippen LogP contribution in [0.25, 0.3) is 0 Å². The van der Waals surface area contributed by atoms with Crippen LogP contribution in [0.4, 0.5) is 8.78 Å². The number of benzene rings is 1. The van der Waals surface area contributed by atoms with Gasteiger partial charge in [0.2, 0.25) is 0 Å². The molecule has 3 N–H and O–H groups in total. The Kier molecular flexibility index (Phi) is 4.07. The molecule has 0 radical (unpaired) electrons. The standard InChI is InChI=1S/C13H18F2N2/c14-10-5-9(6-11(15)8-10)7-12(16)3-4-17-13-1-2-13/h5-6,8,12-13,17H,1-4,7,16H2/t12-/m1/s1. The summed E-state index contributed by atoms with van der Waals surface area (Å²) in [5, 5.41) is 3.37. The molecule has 94 valence electrons. The summed E-state index contributed by atoms with van der Waals surface area (Å²) in [7, 11) is 0. The lowest BCUT2D eigenvalue weighted by atomic mass is 10.0. The van der Waals surface area contributed by atoms with Crippen LogP contribution in [0.3, 0.4) is 0 Å². The Hall–Kier alpha value is -1.00. The van der Waals surface area contributed by atoms with Gasteiger partial charge in [0.15, 0.2) is 0 Å². The molecule has 1 aliphatic carbocycles. The number of hydrogen-bond donors (Lipinski definition) is 2. The lowest BCUT2D eigenvalue weighted by Gasteiger charge is -2.12. The monoisotopic (exact) mass is 240 g/mol. The molecule has 1 aromatic rings. The van der Waals surface area contributed by atoms with Crippen molar-refractivity contribution in [3.8, 4) is 0 Å². The van der Waals surface area contributed by atoms with E-state index in [0.717, 1.165) is 19.0 Å². The molecule has 2 nitrogen and oxygen atoms in total. The Labute approximate surface area is 100 Å². The average molecular weight is 240 g/mol. The molecule has 17 heavy (non-hydrogen) atoms. The summed E-state index contributed by atoms with van der Waals surface area (Å²) < 4.78 is 25.9. The maximum absolute atomic E-state index is 13.0. The second kappa shape index (κ2) is 5.56. The van der Waals surface area contributed by atoms with Gasteiger partial charge in [0.05, 0.1) is 0 Å². The Morgan fingerprint density at radius 3 is 2.47 bits per heavy atom. The van der Waals surface area contributed by atoms with Crippen molar-refractivity contribution < 1.29 is 8.78 Å². The highest BCUT2D eigenvalue weighted by Crippen LogP contribution is 2.18. The molecule has 0 aromatic heterocycles. The molecule has 1 aromatic carbocycles. The molecule has 1 atom stereocenters. The summed E-state index contributed by atoms with van der Waals surface area (Å²) in [5.41, 5.74) is 6.55. The molecule has 2 rings (SSSR count). The summed E-state index contributed by atoms with van der Waals surface area (Å²) >= 11 is 0. The molecule has 0 heterocycles. The van der Waals surface area contributed by atoms with E-state index in [2.05, 4.69) is 5.32 Å². The predicted molar refractivity (Wildman–Crippen MR) is 63.7 cm³/mol. The number of nitrogens with one attached hydrogen (secondary N) is 1. The van der Waals surface area contributed by atoms with E-state index in [1.807, 2.05) is 0 Å². The van der Waals surface area contributed by atoms with Crippen LogP contribution in [0, 0.1) is 11.6 Å². The van der Waals surface area contributed by atoms with Crippen molar-refractivity contribution in [3.63, 3.8) is 0 Å². The average Bonchev–Trinajstić information content (AvgIpc) is 2.99. The third-order valence-corrected chi connectivity index (χ3v) is 2.95. The van der Waals surface area contributed by atoms with Crippen LogP contribution < -0.4 is 11.1 Å². The summed E-state index contributed by atoms with van der Waals surface area (Å²) in [6.45, 7) is 0.879. The van der Waals surface area contributed by atoms with Crippen LogP contribution in [0.1, 0.15) is 24.8 Å². The molecule has 1 aliphatic rings. The molecule has 0 amide bonds. The van der Waals surface area contributed by atoms with E-state index >= 15 is 0 Å². The molecule has 4 heteroatoms. The number of halogens is 2. The summed E-state index contributed by atoms with van der Waals surface area (Å²) in [6.07, 6.45) is 3.85. The second-order valence-electron chi connectivity index (χ2n) is 4.76. The highest BCUT2D eigenvalue weighted by molar-refractivity contribution is 5.18. The van der Waals surface area contributed by atoms with Gasteiger partial charge in [-0.3, -0.25) is 0 Å². The molecule has 1 saturated carbocycles. The maximum atomic E-state index is 13.0. The normalized spacial score (nSPS) is 17.1. The topological polar surface area (TPSA) is 38.0 Å². The van der Waals surface area contributed by atoms with E-state index in [-0.39, 0.29) is 6.04 Å². The predicted octanol–water partition coefficient (Wildman–Crippen LogP) is 1.98. The quantitative estimate of drug-likeness (QED) is 0.798. The Morgan fingerprint density at radius 2 is 1.88 bits per heavy atom. The molecule has 0 spiro atoms. The van der Waals surface area contributed by atoms with Crippen molar-refractivity contribution in [2.45, 2.75) is 37.8 Å². The van der Waals surface area contributed by atoms with Gasteiger partial charge in [-0.25, -0.2) is 8.78 Å². The van der Waals surface area contributed by atoms with Gasteiger partial charge in [-0.15, -0.1) is 0 Å². The first kappa shape index (κ1) is 12.5. The third kappa shape index (κ3) is 4.40. The molecule has 1 fully saturated rings. The van der Waals surface area contributed by atoms with E-state index in [1.54, 1.807) is 0 Å². The SMILES string of the molecule is N[C@H](CCNC1CC1)Cc1cc(F)cc(F)c1. The smallest absolute Gasteiger partial charge is 0.126 e. The fourth-order valence-electron chi connectivity index (χ4n) is 1.89. The van der Waals surface area contributed by atoms with Gasteiger partial charge in [-0.2, -0.15) is 0 Å². The van der Waals surface area contributed by atoms with Gasteiger partial charge in [0.25, 0.3) is 0 Å². The van der Waals surface area contributed by atoms with Crippen LogP contribution in [0.15, 0.2) is 18.2 Å². The van der Waals surface area contributed by atoms with E-state index in [4.69, 9.17) is 5.73 Å². The zero-order valence-electron chi connectivity index (χ0n) is 9.76. The first-order chi connectivity index (χ1) is 8.13. The zero-order valence-corrected chi connectivity index (χ0v) is 9.76. The Morgan fingerprint density at radius 1 is 1.24 bits per heavy atom. The van der Waals surface area contributed by atoms with E-state index in [0.29, 0.717) is 18.0 Å². The van der Waals surface area contributed by atoms with Gasteiger partial charge < -0.3 is 11.1 Å². The third-order valence-electron chi connectivity index (χ3n) is 2.95. The number of nitrogens with two attached hydrogens (primary N) is 1. The van der Waals surface area contributed by atoms with Crippen molar-refractivity contribution in [2.75, 3.05) is 6.54 Å². The molecule has 0 aliphatic heterocycles. The van der Waals surface area contributed by atoms with E-state index < -0.39 is 11.6 Å². The molecule has 0 unspecified atom stereocenters. The Balaban J connectivity index is 1.77. The van der Waals surface area contributed by atoms with Crippen LogP contribution in [-0.4, -0.2) is 18.6 Å². The van der Waals surface area contributed by atoms with Gasteiger partial charge in [-0.05, 0) is 49.9 Å². The highest BCUT2D eigenvalue weighted by Gasteiger charge is 2.20. The fourth-order valence-corrected chi connectivity index (χ4v) is 1.89. The van der Waals surface area contributed by atoms with Crippen molar-refractivity contribution in [1.29, 1.82) is 0 Å². The van der Waals surface area contributed by atoms with Gasteiger partial charge >= 0.3 is 0 Å². The summed E-state index contributed by atoms with van der Waals surface area (Å²) in [5.74, 6) is -1.08. The first-order valence-corrected chi connectivity index (χ1v) is 6.07. The second-order valence-corrected chi connectivity index (χ2v) is 4.76. The lowest BCUT2D eigenvalue weighted by molar-refractivity contribution is 0.547. The molecule has 0 bridgehead atoms. The van der Waals surface area contributed by atoms with E-state index in [1.165, 1.54) is 25.0 Å².